The molecule has 55 heavy (non-hydrogen) atoms. The van der Waals surface area contributed by atoms with Gasteiger partial charge in [0.15, 0.2) is 0 Å². The van der Waals surface area contributed by atoms with E-state index in [1.54, 1.807) is 66.1 Å². The van der Waals surface area contributed by atoms with Gasteiger partial charge in [-0.25, -0.2) is 4.79 Å². The highest BCUT2D eigenvalue weighted by Gasteiger charge is 2.46. The van der Waals surface area contributed by atoms with E-state index in [9.17, 15) is 19.6 Å². The molecule has 4 aromatic carbocycles. The molecular weight excluding hydrogens is 719 g/mol. The normalized spacial score (nSPS) is 18.9. The number of rotatable bonds is 17. The Balaban J connectivity index is 1.51. The van der Waals surface area contributed by atoms with Gasteiger partial charge < -0.3 is 40.1 Å². The number of amides is 3. The number of nitrogens with one attached hydrogen (secondary N) is 1. The van der Waals surface area contributed by atoms with Gasteiger partial charge in [-0.15, -0.1) is 0 Å². The minimum Gasteiger partial charge on any atom is -0.398 e. The SMILES string of the molecule is CCOP(=O)(CCNC(=O)c1cccc(CN2C(=O)N(Cc3ccc(N)c(C(N)=[NH2+])c3)[C@H](Cc3ccccc3)[C@H](O)[C@@H](O)C2Cc2ccccc2)c1)OCC. The third-order valence-corrected chi connectivity index (χ3v) is 11.7. The fraction of sp³-hybridized carbons (Fsp3) is 0.341. The maximum absolute atomic E-state index is 15.1. The molecule has 1 unspecified atom stereocenters. The molecule has 1 heterocycles. The van der Waals surface area contributed by atoms with Crippen molar-refractivity contribution < 1.29 is 38.8 Å². The van der Waals surface area contributed by atoms with Crippen molar-refractivity contribution in [3.8, 4) is 0 Å². The molecule has 0 aromatic heterocycles. The van der Waals surface area contributed by atoms with Crippen LogP contribution in [0.4, 0.5) is 10.5 Å². The summed E-state index contributed by atoms with van der Waals surface area (Å²) < 4.78 is 23.6. The van der Waals surface area contributed by atoms with Crippen LogP contribution in [0.25, 0.3) is 0 Å². The van der Waals surface area contributed by atoms with Gasteiger partial charge in [0.25, 0.3) is 11.7 Å². The zero-order chi connectivity index (χ0) is 39.5. The van der Waals surface area contributed by atoms with Crippen molar-refractivity contribution in [2.75, 3.05) is 31.7 Å². The van der Waals surface area contributed by atoms with E-state index in [-0.39, 0.29) is 57.7 Å². The summed E-state index contributed by atoms with van der Waals surface area (Å²) in [6, 6.07) is 28.9. The van der Waals surface area contributed by atoms with Crippen molar-refractivity contribution in [1.29, 1.82) is 0 Å². The van der Waals surface area contributed by atoms with Crippen LogP contribution in [-0.4, -0.2) is 88.0 Å². The summed E-state index contributed by atoms with van der Waals surface area (Å²) in [5.74, 6) is -0.372. The predicted octanol–water partition coefficient (Wildman–Crippen LogP) is 3.11. The summed E-state index contributed by atoms with van der Waals surface area (Å²) in [4.78, 5) is 31.6. The maximum Gasteiger partial charge on any atom is 0.332 e. The molecule has 9 N–H and O–H groups in total. The smallest absolute Gasteiger partial charge is 0.332 e. The van der Waals surface area contributed by atoms with Gasteiger partial charge in [-0.3, -0.25) is 20.5 Å². The number of nitrogens with two attached hydrogens (primary N) is 3. The molecule has 1 fully saturated rings. The number of nitrogen functional groups attached to an aromatic ring is 1. The summed E-state index contributed by atoms with van der Waals surface area (Å²) in [7, 11) is -3.36. The highest BCUT2D eigenvalue weighted by molar-refractivity contribution is 7.53. The number of hydrogen-bond donors (Lipinski definition) is 6. The topological polar surface area (TPSA) is 206 Å². The largest absolute Gasteiger partial charge is 0.398 e. The molecule has 0 aliphatic carbocycles. The van der Waals surface area contributed by atoms with Gasteiger partial charge in [0, 0.05) is 30.9 Å². The Hall–Kier alpha value is -5.04. The van der Waals surface area contributed by atoms with Gasteiger partial charge in [0.1, 0.15) is 12.2 Å². The second kappa shape index (κ2) is 19.0. The lowest BCUT2D eigenvalue weighted by molar-refractivity contribution is -0.114. The number of nitrogens with zero attached hydrogens (tertiary/aromatic N) is 2. The predicted molar refractivity (Wildman–Crippen MR) is 212 cm³/mol. The molecule has 0 spiro atoms. The van der Waals surface area contributed by atoms with Crippen LogP contribution in [0.15, 0.2) is 103 Å². The van der Waals surface area contributed by atoms with E-state index in [2.05, 4.69) is 5.32 Å². The van der Waals surface area contributed by atoms with Crippen LogP contribution in [0.3, 0.4) is 0 Å². The van der Waals surface area contributed by atoms with E-state index >= 15 is 4.79 Å². The number of carbonyl (C=O) groups is 2. The highest BCUT2D eigenvalue weighted by atomic mass is 31.2. The van der Waals surface area contributed by atoms with E-state index < -0.39 is 43.8 Å². The molecule has 0 bridgehead atoms. The first kappa shape index (κ1) is 41.1. The van der Waals surface area contributed by atoms with E-state index in [0.29, 0.717) is 27.9 Å². The van der Waals surface area contributed by atoms with Crippen LogP contribution in [0, 0.1) is 0 Å². The molecule has 1 aliphatic heterocycles. The second-order valence-corrected chi connectivity index (χ2v) is 15.7. The molecule has 1 saturated heterocycles. The van der Waals surface area contributed by atoms with Crippen LogP contribution in [0.1, 0.15) is 52.0 Å². The average Bonchev–Trinajstić information content (AvgIpc) is 3.23. The number of aliphatic hydroxyl groups excluding tert-OH is 2. The van der Waals surface area contributed by atoms with Crippen molar-refractivity contribution in [2.24, 2.45) is 5.73 Å². The lowest BCUT2D eigenvalue weighted by Gasteiger charge is -2.36. The van der Waals surface area contributed by atoms with Gasteiger partial charge in [0.05, 0.1) is 37.0 Å². The lowest BCUT2D eigenvalue weighted by Crippen LogP contribution is -2.50. The molecule has 4 atom stereocenters. The molecule has 1 aliphatic rings. The maximum atomic E-state index is 15.1. The zero-order valence-corrected chi connectivity index (χ0v) is 32.2. The Labute approximate surface area is 322 Å². The number of amidine groups is 1. The first-order valence-electron chi connectivity index (χ1n) is 18.5. The summed E-state index contributed by atoms with van der Waals surface area (Å²) in [5, 5.41) is 32.9. The highest BCUT2D eigenvalue weighted by Crippen LogP contribution is 2.47. The number of urea groups is 1. The third kappa shape index (κ3) is 10.6. The standard InChI is InChI=1S/C41H51N6O7P/c1-3-53-55(52,54-4-2)21-20-45-40(50)32-17-11-16-30(22-32)26-46-35(24-28-12-7-5-8-13-28)37(48)38(49)36(25-29-14-9-6-10-15-29)47(41(46)51)27-31-18-19-34(42)33(23-31)39(43)44/h5-19,22-23,35-38,48-49H,3-4,20-21,24-27,42H2,1-2H3,(H3,43,44)(H,45,50)/p+1/t35?,36-,37+,38+/m1/s1. The van der Waals surface area contributed by atoms with Crippen LogP contribution in [0.5, 0.6) is 0 Å². The van der Waals surface area contributed by atoms with Gasteiger partial charge in [-0.1, -0.05) is 78.9 Å². The monoisotopic (exact) mass is 771 g/mol. The van der Waals surface area contributed by atoms with Crippen molar-refractivity contribution in [2.45, 2.75) is 64.1 Å². The Bertz CT molecular complexity index is 1960. The minimum absolute atomic E-state index is 0.00909. The lowest BCUT2D eigenvalue weighted by atomic mass is 9.90. The Kier molecular flexibility index (Phi) is 14.2. The van der Waals surface area contributed by atoms with E-state index in [1.807, 2.05) is 60.7 Å². The molecule has 14 heteroatoms. The fourth-order valence-corrected chi connectivity index (χ4v) is 8.44. The Morgan fingerprint density at radius 3 is 1.80 bits per heavy atom. The van der Waals surface area contributed by atoms with Crippen molar-refractivity contribution in [3.05, 3.63) is 137 Å². The van der Waals surface area contributed by atoms with Crippen LogP contribution in [-0.2, 0) is 39.5 Å². The molecule has 5 rings (SSSR count). The van der Waals surface area contributed by atoms with Crippen molar-refractivity contribution in [1.82, 2.24) is 15.1 Å². The quantitative estimate of drug-likeness (QED) is 0.0403. The Morgan fingerprint density at radius 2 is 1.29 bits per heavy atom. The van der Waals surface area contributed by atoms with E-state index in [1.165, 1.54) is 0 Å². The Morgan fingerprint density at radius 1 is 0.782 bits per heavy atom. The first-order chi connectivity index (χ1) is 26.4. The van der Waals surface area contributed by atoms with Crippen molar-refractivity contribution >= 4 is 31.1 Å². The minimum atomic E-state index is -3.36. The summed E-state index contributed by atoms with van der Waals surface area (Å²) in [5.41, 5.74) is 16.3. The first-order valence-corrected chi connectivity index (χ1v) is 20.2. The number of hydrogen-bond acceptors (Lipinski definition) is 8. The molecule has 292 valence electrons. The molecule has 13 nitrogen and oxygen atoms in total. The zero-order valence-electron chi connectivity index (χ0n) is 31.3. The second-order valence-electron chi connectivity index (χ2n) is 13.5. The van der Waals surface area contributed by atoms with Gasteiger partial charge >= 0.3 is 13.6 Å². The van der Waals surface area contributed by atoms with Gasteiger partial charge in [-0.05, 0) is 73.2 Å². The molecule has 0 saturated carbocycles. The third-order valence-electron chi connectivity index (χ3n) is 9.65. The number of anilines is 1. The van der Waals surface area contributed by atoms with Gasteiger partial charge in [0.2, 0.25) is 0 Å². The van der Waals surface area contributed by atoms with Crippen LogP contribution >= 0.6 is 7.60 Å². The molecular formula is C41H52N6O7P+. The van der Waals surface area contributed by atoms with Gasteiger partial charge in [-0.2, -0.15) is 0 Å². The van der Waals surface area contributed by atoms with E-state index in [4.69, 9.17) is 25.9 Å². The summed E-state index contributed by atoms with van der Waals surface area (Å²) >= 11 is 0. The molecule has 4 aromatic rings. The molecule has 0 radical (unpaired) electrons. The fourth-order valence-electron chi connectivity index (χ4n) is 6.94. The summed E-state index contributed by atoms with van der Waals surface area (Å²) in [6.45, 7) is 4.00. The average molecular weight is 772 g/mol. The summed E-state index contributed by atoms with van der Waals surface area (Å²) in [6.07, 6.45) is -2.17. The number of aliphatic hydroxyl groups is 2. The van der Waals surface area contributed by atoms with Crippen LogP contribution < -0.4 is 22.2 Å². The number of carbonyl (C=O) groups excluding carboxylic acids is 2. The molecule has 3 amide bonds. The number of benzene rings is 4. The van der Waals surface area contributed by atoms with Crippen LogP contribution in [0.2, 0.25) is 0 Å². The van der Waals surface area contributed by atoms with E-state index in [0.717, 1.165) is 11.1 Å². The van der Waals surface area contributed by atoms with Crippen molar-refractivity contribution in [3.63, 3.8) is 0 Å².